The van der Waals surface area contributed by atoms with Crippen LogP contribution in [-0.2, 0) is 17.9 Å². The Labute approximate surface area is 158 Å². The van der Waals surface area contributed by atoms with Gasteiger partial charge < -0.3 is 5.32 Å². The minimum absolute atomic E-state index is 0.0342. The average molecular weight is 376 g/mol. The van der Waals surface area contributed by atoms with Crippen LogP contribution in [0.15, 0.2) is 48.5 Å². The predicted molar refractivity (Wildman–Crippen MR) is 101 cm³/mol. The van der Waals surface area contributed by atoms with Crippen molar-refractivity contribution in [1.29, 1.82) is 0 Å². The van der Waals surface area contributed by atoms with Gasteiger partial charge in [0, 0.05) is 44.3 Å². The van der Waals surface area contributed by atoms with E-state index >= 15 is 0 Å². The first-order chi connectivity index (χ1) is 12.6. The Morgan fingerprint density at radius 2 is 1.50 bits per heavy atom. The maximum Gasteiger partial charge on any atom is 0.234 e. The summed E-state index contributed by atoms with van der Waals surface area (Å²) in [5, 5.41) is 3.64. The van der Waals surface area contributed by atoms with Gasteiger partial charge in [-0.1, -0.05) is 35.9 Å². The normalized spacial score (nSPS) is 15.8. The first-order valence-electron chi connectivity index (χ1n) is 8.79. The van der Waals surface area contributed by atoms with Crippen molar-refractivity contribution in [3.8, 4) is 0 Å². The molecule has 0 aliphatic carbocycles. The van der Waals surface area contributed by atoms with Crippen molar-refractivity contribution in [2.24, 2.45) is 0 Å². The third kappa shape index (κ3) is 5.80. The summed E-state index contributed by atoms with van der Waals surface area (Å²) in [5.41, 5.74) is 2.15. The van der Waals surface area contributed by atoms with Crippen LogP contribution in [0, 0.1) is 5.82 Å². The molecule has 0 spiro atoms. The molecule has 26 heavy (non-hydrogen) atoms. The summed E-state index contributed by atoms with van der Waals surface area (Å²) in [6.45, 7) is 5.27. The second-order valence-corrected chi connectivity index (χ2v) is 7.02. The second kappa shape index (κ2) is 9.12. The summed E-state index contributed by atoms with van der Waals surface area (Å²) in [4.78, 5) is 16.6. The molecule has 1 N–H and O–H groups in total. The minimum atomic E-state index is -0.205. The number of carbonyl (C=O) groups excluding carboxylic acids is 1. The van der Waals surface area contributed by atoms with E-state index in [1.807, 2.05) is 36.4 Å². The molecule has 0 unspecified atom stereocenters. The van der Waals surface area contributed by atoms with E-state index in [-0.39, 0.29) is 11.7 Å². The van der Waals surface area contributed by atoms with E-state index in [0.29, 0.717) is 18.1 Å². The first kappa shape index (κ1) is 18.8. The van der Waals surface area contributed by atoms with E-state index in [9.17, 15) is 9.18 Å². The molecule has 1 amide bonds. The van der Waals surface area contributed by atoms with Gasteiger partial charge in [0.2, 0.25) is 5.91 Å². The molecule has 0 atom stereocenters. The van der Waals surface area contributed by atoms with Gasteiger partial charge >= 0.3 is 0 Å². The fourth-order valence-corrected chi connectivity index (χ4v) is 3.14. The highest BCUT2D eigenvalue weighted by molar-refractivity contribution is 6.30. The van der Waals surface area contributed by atoms with Gasteiger partial charge in [0.1, 0.15) is 5.82 Å². The third-order valence-corrected chi connectivity index (χ3v) is 4.81. The molecule has 0 aromatic heterocycles. The molecule has 0 radical (unpaired) electrons. The Morgan fingerprint density at radius 1 is 0.923 bits per heavy atom. The zero-order chi connectivity index (χ0) is 18.4. The Bertz CT molecular complexity index is 713. The monoisotopic (exact) mass is 375 g/mol. The van der Waals surface area contributed by atoms with Crippen LogP contribution in [0.3, 0.4) is 0 Å². The zero-order valence-electron chi connectivity index (χ0n) is 14.6. The molecule has 2 aromatic carbocycles. The Kier molecular flexibility index (Phi) is 6.61. The van der Waals surface area contributed by atoms with Gasteiger partial charge in [0.05, 0.1) is 6.54 Å². The van der Waals surface area contributed by atoms with Gasteiger partial charge in [0.15, 0.2) is 0 Å². The quantitative estimate of drug-likeness (QED) is 0.843. The van der Waals surface area contributed by atoms with Gasteiger partial charge in [-0.15, -0.1) is 0 Å². The fourth-order valence-electron chi connectivity index (χ4n) is 3.02. The van der Waals surface area contributed by atoms with E-state index in [1.54, 1.807) is 0 Å². The van der Waals surface area contributed by atoms with Crippen molar-refractivity contribution < 1.29 is 9.18 Å². The van der Waals surface area contributed by atoms with Crippen molar-refractivity contribution in [1.82, 2.24) is 15.1 Å². The molecule has 1 saturated heterocycles. The summed E-state index contributed by atoms with van der Waals surface area (Å²) >= 11 is 5.86. The minimum Gasteiger partial charge on any atom is -0.351 e. The van der Waals surface area contributed by atoms with Crippen LogP contribution in [0.2, 0.25) is 5.02 Å². The van der Waals surface area contributed by atoms with Gasteiger partial charge in [-0.2, -0.15) is 0 Å². The Hall–Kier alpha value is -1.95. The highest BCUT2D eigenvalue weighted by Gasteiger charge is 2.18. The molecule has 138 valence electrons. The number of hydrogen-bond acceptors (Lipinski definition) is 3. The molecule has 6 heteroatoms. The fraction of sp³-hybridized carbons (Fsp3) is 0.350. The van der Waals surface area contributed by atoms with Crippen LogP contribution in [0.1, 0.15) is 11.1 Å². The molecule has 0 saturated carbocycles. The van der Waals surface area contributed by atoms with Crippen molar-refractivity contribution in [2.75, 3.05) is 32.7 Å². The van der Waals surface area contributed by atoms with Crippen molar-refractivity contribution >= 4 is 17.5 Å². The van der Waals surface area contributed by atoms with E-state index in [1.165, 1.54) is 12.1 Å². The third-order valence-electron chi connectivity index (χ3n) is 4.55. The van der Waals surface area contributed by atoms with Crippen molar-refractivity contribution in [3.05, 3.63) is 70.5 Å². The second-order valence-electron chi connectivity index (χ2n) is 6.58. The number of halogens is 2. The molecule has 3 rings (SSSR count). The molecule has 4 nitrogen and oxygen atoms in total. The molecule has 1 aliphatic heterocycles. The number of nitrogens with one attached hydrogen (secondary N) is 1. The van der Waals surface area contributed by atoms with E-state index in [4.69, 9.17) is 11.6 Å². The Morgan fingerprint density at radius 3 is 2.15 bits per heavy atom. The molecular formula is C20H23ClFN3O. The van der Waals surface area contributed by atoms with Crippen LogP contribution >= 0.6 is 11.6 Å². The molecule has 1 fully saturated rings. The molecule has 2 aromatic rings. The number of piperazine rings is 1. The van der Waals surface area contributed by atoms with Crippen molar-refractivity contribution in [2.45, 2.75) is 13.1 Å². The van der Waals surface area contributed by atoms with E-state index in [0.717, 1.165) is 43.9 Å². The number of nitrogens with zero attached hydrogens (tertiary/aromatic N) is 2. The van der Waals surface area contributed by atoms with Crippen LogP contribution < -0.4 is 5.32 Å². The number of amides is 1. The number of carbonyl (C=O) groups is 1. The lowest BCUT2D eigenvalue weighted by Gasteiger charge is -2.34. The lowest BCUT2D eigenvalue weighted by atomic mass is 10.2. The number of hydrogen-bond donors (Lipinski definition) is 1. The van der Waals surface area contributed by atoms with E-state index < -0.39 is 0 Å². The van der Waals surface area contributed by atoms with Gasteiger partial charge in [-0.05, 0) is 35.4 Å². The average Bonchev–Trinajstić information content (AvgIpc) is 2.65. The van der Waals surface area contributed by atoms with Crippen LogP contribution in [0.5, 0.6) is 0 Å². The zero-order valence-corrected chi connectivity index (χ0v) is 15.4. The molecule has 1 aliphatic rings. The standard InChI is InChI=1S/C20H23ClFN3O/c21-18-5-1-16(2-6-18)13-23-20(26)15-25-11-9-24(10-12-25)14-17-3-7-19(22)8-4-17/h1-8H,9-15H2,(H,23,26). The molecule has 1 heterocycles. The lowest BCUT2D eigenvalue weighted by molar-refractivity contribution is -0.122. The van der Waals surface area contributed by atoms with Crippen LogP contribution in [0.25, 0.3) is 0 Å². The maximum atomic E-state index is 13.0. The van der Waals surface area contributed by atoms with Crippen LogP contribution in [0.4, 0.5) is 4.39 Å². The summed E-state index contributed by atoms with van der Waals surface area (Å²) in [6.07, 6.45) is 0. The maximum absolute atomic E-state index is 13.0. The summed E-state index contributed by atoms with van der Waals surface area (Å²) in [6, 6.07) is 14.1. The van der Waals surface area contributed by atoms with Gasteiger partial charge in [-0.25, -0.2) is 4.39 Å². The number of rotatable bonds is 6. The smallest absolute Gasteiger partial charge is 0.234 e. The number of benzene rings is 2. The SMILES string of the molecule is O=C(CN1CCN(Cc2ccc(F)cc2)CC1)NCc1ccc(Cl)cc1. The molecular weight excluding hydrogens is 353 g/mol. The highest BCUT2D eigenvalue weighted by atomic mass is 35.5. The highest BCUT2D eigenvalue weighted by Crippen LogP contribution is 2.10. The Balaban J connectivity index is 1.37. The summed E-state index contributed by atoms with van der Waals surface area (Å²) in [7, 11) is 0. The van der Waals surface area contributed by atoms with Gasteiger partial charge in [-0.3, -0.25) is 14.6 Å². The van der Waals surface area contributed by atoms with E-state index in [2.05, 4.69) is 15.1 Å². The summed E-state index contributed by atoms with van der Waals surface area (Å²) in [5.74, 6) is -0.171. The first-order valence-corrected chi connectivity index (χ1v) is 9.16. The molecule has 0 bridgehead atoms. The predicted octanol–water partition coefficient (Wildman–Crippen LogP) is 2.91. The topological polar surface area (TPSA) is 35.6 Å². The largest absolute Gasteiger partial charge is 0.351 e. The lowest BCUT2D eigenvalue weighted by Crippen LogP contribution is -2.49. The summed E-state index contributed by atoms with van der Waals surface area (Å²) < 4.78 is 13.0. The van der Waals surface area contributed by atoms with Crippen molar-refractivity contribution in [3.63, 3.8) is 0 Å². The van der Waals surface area contributed by atoms with Crippen LogP contribution in [-0.4, -0.2) is 48.4 Å². The van der Waals surface area contributed by atoms with Gasteiger partial charge in [0.25, 0.3) is 0 Å².